The molecule has 162 valence electrons. The number of hydrogen-bond acceptors (Lipinski definition) is 8. The molecule has 1 aliphatic rings. The van der Waals surface area contributed by atoms with E-state index in [0.29, 0.717) is 17.8 Å². The second kappa shape index (κ2) is 9.97. The standard InChI is InChI=1S/C23H28N6O2/c1-30-19-11-7-17(8-12-19)24-21-26-22(25-18-9-13-20(31-2)14-10-18)28-23(27-21)29-15-5-3-4-6-16-29/h7-14H,3-6,15-16H2,1-2H3,(H2,24,25,26,27,28). The second-order valence-corrected chi connectivity index (χ2v) is 7.39. The van der Waals surface area contributed by atoms with Gasteiger partial charge in [0.25, 0.3) is 0 Å². The minimum Gasteiger partial charge on any atom is -0.497 e. The molecular formula is C23H28N6O2. The average Bonchev–Trinajstić information content (AvgIpc) is 3.10. The Morgan fingerprint density at radius 2 is 1.10 bits per heavy atom. The van der Waals surface area contributed by atoms with Crippen molar-refractivity contribution < 1.29 is 9.47 Å². The molecule has 1 fully saturated rings. The van der Waals surface area contributed by atoms with Crippen molar-refractivity contribution in [2.75, 3.05) is 42.8 Å². The SMILES string of the molecule is COc1ccc(Nc2nc(Nc3ccc(OC)cc3)nc(N3CCCCCC3)n2)cc1. The molecule has 2 heterocycles. The summed E-state index contributed by atoms with van der Waals surface area (Å²) in [6.07, 6.45) is 4.79. The number of rotatable bonds is 7. The molecule has 8 heteroatoms. The molecule has 0 unspecified atom stereocenters. The van der Waals surface area contributed by atoms with Crippen LogP contribution in [0.4, 0.5) is 29.2 Å². The van der Waals surface area contributed by atoms with Crippen LogP contribution in [0.2, 0.25) is 0 Å². The third-order valence-corrected chi connectivity index (χ3v) is 5.20. The number of methoxy groups -OCH3 is 2. The summed E-state index contributed by atoms with van der Waals surface area (Å²) in [5.74, 6) is 3.27. The van der Waals surface area contributed by atoms with Gasteiger partial charge in [-0.25, -0.2) is 0 Å². The minimum absolute atomic E-state index is 0.496. The minimum atomic E-state index is 0.496. The quantitative estimate of drug-likeness (QED) is 0.566. The van der Waals surface area contributed by atoms with Crippen molar-refractivity contribution in [3.8, 4) is 11.5 Å². The van der Waals surface area contributed by atoms with Crippen LogP contribution in [0, 0.1) is 0 Å². The largest absolute Gasteiger partial charge is 0.497 e. The molecule has 31 heavy (non-hydrogen) atoms. The van der Waals surface area contributed by atoms with Crippen molar-refractivity contribution in [3.05, 3.63) is 48.5 Å². The number of benzene rings is 2. The van der Waals surface area contributed by atoms with Gasteiger partial charge in [0.2, 0.25) is 17.8 Å². The number of hydrogen-bond donors (Lipinski definition) is 2. The Bertz CT molecular complexity index is 903. The summed E-state index contributed by atoms with van der Waals surface area (Å²) in [5.41, 5.74) is 1.76. The highest BCUT2D eigenvalue weighted by molar-refractivity contribution is 5.60. The van der Waals surface area contributed by atoms with Gasteiger partial charge in [0, 0.05) is 24.5 Å². The van der Waals surface area contributed by atoms with Crippen molar-refractivity contribution in [3.63, 3.8) is 0 Å². The van der Waals surface area contributed by atoms with Crippen LogP contribution in [-0.4, -0.2) is 42.3 Å². The van der Waals surface area contributed by atoms with E-state index < -0.39 is 0 Å². The van der Waals surface area contributed by atoms with E-state index in [4.69, 9.17) is 19.4 Å². The first kappa shape index (κ1) is 20.7. The fraction of sp³-hybridized carbons (Fsp3) is 0.348. The van der Waals surface area contributed by atoms with Crippen LogP contribution in [-0.2, 0) is 0 Å². The van der Waals surface area contributed by atoms with Gasteiger partial charge in [0.1, 0.15) is 11.5 Å². The molecule has 0 atom stereocenters. The molecule has 0 amide bonds. The molecule has 8 nitrogen and oxygen atoms in total. The Balaban J connectivity index is 1.61. The highest BCUT2D eigenvalue weighted by atomic mass is 16.5. The zero-order chi connectivity index (χ0) is 21.5. The molecule has 0 aliphatic carbocycles. The molecule has 1 saturated heterocycles. The predicted octanol–water partition coefficient (Wildman–Crippen LogP) is 4.76. The molecule has 2 N–H and O–H groups in total. The second-order valence-electron chi connectivity index (χ2n) is 7.39. The Morgan fingerprint density at radius 1 is 0.645 bits per heavy atom. The summed E-state index contributed by atoms with van der Waals surface area (Å²) in [7, 11) is 3.30. The number of aromatic nitrogens is 3. The van der Waals surface area contributed by atoms with Crippen molar-refractivity contribution in [1.29, 1.82) is 0 Å². The van der Waals surface area contributed by atoms with E-state index in [1.807, 2.05) is 48.5 Å². The monoisotopic (exact) mass is 420 g/mol. The van der Waals surface area contributed by atoms with Crippen LogP contribution in [0.1, 0.15) is 25.7 Å². The Labute approximate surface area is 182 Å². The molecule has 0 bridgehead atoms. The van der Waals surface area contributed by atoms with Crippen molar-refractivity contribution in [2.24, 2.45) is 0 Å². The van der Waals surface area contributed by atoms with Crippen LogP contribution in [0.5, 0.6) is 11.5 Å². The van der Waals surface area contributed by atoms with Gasteiger partial charge < -0.3 is 25.0 Å². The zero-order valence-corrected chi connectivity index (χ0v) is 18.0. The van der Waals surface area contributed by atoms with E-state index in [1.54, 1.807) is 14.2 Å². The van der Waals surface area contributed by atoms with Gasteiger partial charge >= 0.3 is 0 Å². The smallest absolute Gasteiger partial charge is 0.233 e. The van der Waals surface area contributed by atoms with E-state index in [0.717, 1.165) is 48.8 Å². The first-order chi connectivity index (χ1) is 15.2. The van der Waals surface area contributed by atoms with Crippen molar-refractivity contribution in [2.45, 2.75) is 25.7 Å². The number of nitrogens with one attached hydrogen (secondary N) is 2. The topological polar surface area (TPSA) is 84.4 Å². The van der Waals surface area contributed by atoms with Crippen molar-refractivity contribution >= 4 is 29.2 Å². The summed E-state index contributed by atoms with van der Waals surface area (Å²) >= 11 is 0. The Kier molecular flexibility index (Phi) is 6.66. The Hall–Kier alpha value is -3.55. The molecule has 4 rings (SSSR count). The lowest BCUT2D eigenvalue weighted by atomic mass is 10.2. The van der Waals surface area contributed by atoms with Gasteiger partial charge in [-0.1, -0.05) is 12.8 Å². The van der Waals surface area contributed by atoms with Gasteiger partial charge in [0.15, 0.2) is 0 Å². The third kappa shape index (κ3) is 5.53. The average molecular weight is 421 g/mol. The number of ether oxygens (including phenoxy) is 2. The lowest BCUT2D eigenvalue weighted by Crippen LogP contribution is -2.26. The van der Waals surface area contributed by atoms with Crippen LogP contribution in [0.15, 0.2) is 48.5 Å². The summed E-state index contributed by atoms with van der Waals surface area (Å²) in [6, 6.07) is 15.3. The zero-order valence-electron chi connectivity index (χ0n) is 18.0. The summed E-state index contributed by atoms with van der Waals surface area (Å²) in [5, 5.41) is 6.58. The van der Waals surface area contributed by atoms with Gasteiger partial charge in [-0.2, -0.15) is 15.0 Å². The van der Waals surface area contributed by atoms with E-state index in [2.05, 4.69) is 20.5 Å². The molecule has 2 aromatic carbocycles. The number of nitrogens with zero attached hydrogens (tertiary/aromatic N) is 4. The fourth-order valence-corrected chi connectivity index (χ4v) is 3.50. The van der Waals surface area contributed by atoms with Gasteiger partial charge in [-0.05, 0) is 61.4 Å². The maximum absolute atomic E-state index is 5.24. The van der Waals surface area contributed by atoms with Gasteiger partial charge in [0.05, 0.1) is 14.2 Å². The van der Waals surface area contributed by atoms with Crippen molar-refractivity contribution in [1.82, 2.24) is 15.0 Å². The lowest BCUT2D eigenvalue weighted by molar-refractivity contribution is 0.415. The van der Waals surface area contributed by atoms with Crippen LogP contribution < -0.4 is 25.0 Å². The first-order valence-corrected chi connectivity index (χ1v) is 10.6. The molecule has 0 spiro atoms. The van der Waals surface area contributed by atoms with Gasteiger partial charge in [-0.15, -0.1) is 0 Å². The molecule has 3 aromatic rings. The maximum Gasteiger partial charge on any atom is 0.233 e. The summed E-state index contributed by atoms with van der Waals surface area (Å²) in [4.78, 5) is 16.3. The summed E-state index contributed by atoms with van der Waals surface area (Å²) in [6.45, 7) is 1.90. The van der Waals surface area contributed by atoms with Crippen LogP contribution >= 0.6 is 0 Å². The van der Waals surface area contributed by atoms with E-state index in [1.165, 1.54) is 12.8 Å². The number of anilines is 5. The molecular weight excluding hydrogens is 392 g/mol. The normalized spacial score (nSPS) is 13.9. The highest BCUT2D eigenvalue weighted by Crippen LogP contribution is 2.24. The lowest BCUT2D eigenvalue weighted by Gasteiger charge is -2.21. The van der Waals surface area contributed by atoms with Gasteiger partial charge in [-0.3, -0.25) is 0 Å². The molecule has 1 aliphatic heterocycles. The Morgan fingerprint density at radius 3 is 1.52 bits per heavy atom. The van der Waals surface area contributed by atoms with E-state index in [-0.39, 0.29) is 0 Å². The van der Waals surface area contributed by atoms with E-state index >= 15 is 0 Å². The van der Waals surface area contributed by atoms with E-state index in [9.17, 15) is 0 Å². The maximum atomic E-state index is 5.24. The fourth-order valence-electron chi connectivity index (χ4n) is 3.50. The molecule has 0 radical (unpaired) electrons. The molecule has 0 saturated carbocycles. The van der Waals surface area contributed by atoms with Crippen LogP contribution in [0.3, 0.4) is 0 Å². The predicted molar refractivity (Wildman–Crippen MR) is 123 cm³/mol. The van der Waals surface area contributed by atoms with Crippen LogP contribution in [0.25, 0.3) is 0 Å². The molecule has 1 aromatic heterocycles. The highest BCUT2D eigenvalue weighted by Gasteiger charge is 2.16. The first-order valence-electron chi connectivity index (χ1n) is 10.6. The third-order valence-electron chi connectivity index (χ3n) is 5.20. The summed E-state index contributed by atoms with van der Waals surface area (Å²) < 4.78 is 10.5.